The van der Waals surface area contributed by atoms with E-state index in [0.29, 0.717) is 5.16 Å². The second-order valence-corrected chi connectivity index (χ2v) is 8.46. The van der Waals surface area contributed by atoms with Crippen molar-refractivity contribution in [2.45, 2.75) is 39.8 Å². The van der Waals surface area contributed by atoms with Gasteiger partial charge in [-0.25, -0.2) is 0 Å². The van der Waals surface area contributed by atoms with Crippen molar-refractivity contribution in [1.82, 2.24) is 0 Å². The molecule has 0 saturated carbocycles. The Balaban J connectivity index is 2.53. The topological polar surface area (TPSA) is 0 Å². The minimum Gasteiger partial charge on any atom is -0.0845 e. The van der Waals surface area contributed by atoms with Crippen LogP contribution >= 0.6 is 8.58 Å². The Labute approximate surface area is 119 Å². The van der Waals surface area contributed by atoms with Crippen molar-refractivity contribution in [3.05, 3.63) is 53.6 Å². The Morgan fingerprint density at radius 1 is 0.842 bits per heavy atom. The van der Waals surface area contributed by atoms with Crippen molar-refractivity contribution >= 4 is 13.9 Å². The molecule has 0 spiro atoms. The van der Waals surface area contributed by atoms with Crippen LogP contribution in [0.1, 0.15) is 31.9 Å². The van der Waals surface area contributed by atoms with Crippen LogP contribution < -0.4 is 5.30 Å². The second kappa shape index (κ2) is 5.47. The summed E-state index contributed by atoms with van der Waals surface area (Å²) in [6.07, 6.45) is 0. The molecule has 0 aliphatic carbocycles. The number of aryl methyl sites for hydroxylation is 1. The fourth-order valence-corrected chi connectivity index (χ4v) is 3.72. The number of rotatable bonds is 2. The normalized spacial score (nSPS) is 12.3. The Bertz CT molecular complexity index is 562. The molecule has 1 unspecified atom stereocenters. The molecule has 100 valence electrons. The van der Waals surface area contributed by atoms with Gasteiger partial charge in [-0.15, -0.1) is 0 Å². The van der Waals surface area contributed by atoms with Gasteiger partial charge < -0.3 is 0 Å². The van der Waals surface area contributed by atoms with E-state index in [1.807, 2.05) is 0 Å². The largest absolute Gasteiger partial charge is 0.0845 e. The standard InChI is InChI=1S/C18H23P/c1-13-11-12-16(19-18(3,4)5)14(2)17(13)15-9-7-6-8-10-15/h6-12,19H,1-5H3. The molecule has 0 bridgehead atoms. The van der Waals surface area contributed by atoms with Gasteiger partial charge in [0.15, 0.2) is 0 Å². The van der Waals surface area contributed by atoms with E-state index < -0.39 is 0 Å². The average molecular weight is 270 g/mol. The summed E-state index contributed by atoms with van der Waals surface area (Å²) in [5.41, 5.74) is 5.55. The van der Waals surface area contributed by atoms with Crippen molar-refractivity contribution in [1.29, 1.82) is 0 Å². The Kier molecular flexibility index (Phi) is 4.11. The van der Waals surface area contributed by atoms with Gasteiger partial charge in [0.2, 0.25) is 0 Å². The molecule has 0 fully saturated rings. The Morgan fingerprint density at radius 3 is 2.05 bits per heavy atom. The lowest BCUT2D eigenvalue weighted by atomic mass is 9.96. The lowest BCUT2D eigenvalue weighted by molar-refractivity contribution is 0.799. The molecule has 0 heterocycles. The summed E-state index contributed by atoms with van der Waals surface area (Å²) in [5.74, 6) is 0. The molecule has 0 aromatic heterocycles. The molecule has 2 aromatic rings. The van der Waals surface area contributed by atoms with Gasteiger partial charge in [0.1, 0.15) is 0 Å². The third-order valence-electron chi connectivity index (χ3n) is 3.25. The molecule has 1 heteroatoms. The summed E-state index contributed by atoms with van der Waals surface area (Å²) in [6.45, 7) is 11.4. The van der Waals surface area contributed by atoms with Crippen LogP contribution in [0.2, 0.25) is 0 Å². The third-order valence-corrected chi connectivity index (χ3v) is 4.81. The van der Waals surface area contributed by atoms with Crippen LogP contribution in [-0.2, 0) is 0 Å². The lowest BCUT2D eigenvalue weighted by Crippen LogP contribution is -2.14. The van der Waals surface area contributed by atoms with Gasteiger partial charge in [0.25, 0.3) is 0 Å². The van der Waals surface area contributed by atoms with E-state index >= 15 is 0 Å². The highest BCUT2D eigenvalue weighted by molar-refractivity contribution is 7.49. The molecule has 2 aromatic carbocycles. The Morgan fingerprint density at radius 2 is 1.47 bits per heavy atom. The van der Waals surface area contributed by atoms with E-state index in [1.165, 1.54) is 27.6 Å². The minimum atomic E-state index is 0.355. The minimum absolute atomic E-state index is 0.355. The first-order chi connectivity index (χ1) is 8.88. The van der Waals surface area contributed by atoms with Gasteiger partial charge in [-0.3, -0.25) is 0 Å². The summed E-state index contributed by atoms with van der Waals surface area (Å²) in [5, 5.41) is 1.85. The quantitative estimate of drug-likeness (QED) is 0.668. The summed E-state index contributed by atoms with van der Waals surface area (Å²) < 4.78 is 0. The monoisotopic (exact) mass is 270 g/mol. The number of hydrogen-bond acceptors (Lipinski definition) is 0. The zero-order valence-electron chi connectivity index (χ0n) is 12.5. The lowest BCUT2D eigenvalue weighted by Gasteiger charge is -2.22. The van der Waals surface area contributed by atoms with Gasteiger partial charge in [-0.05, 0) is 46.6 Å². The van der Waals surface area contributed by atoms with Gasteiger partial charge >= 0.3 is 0 Å². The fourth-order valence-electron chi connectivity index (χ4n) is 2.44. The van der Waals surface area contributed by atoms with E-state index in [2.05, 4.69) is 77.1 Å². The summed E-state index contributed by atoms with van der Waals surface area (Å²) in [4.78, 5) is 0. The van der Waals surface area contributed by atoms with Crippen molar-refractivity contribution < 1.29 is 0 Å². The zero-order chi connectivity index (χ0) is 14.0. The molecule has 0 aliphatic heterocycles. The molecule has 0 aliphatic rings. The van der Waals surface area contributed by atoms with Crippen molar-refractivity contribution in [2.24, 2.45) is 0 Å². The van der Waals surface area contributed by atoms with E-state index in [0.717, 1.165) is 8.58 Å². The maximum absolute atomic E-state index is 2.31. The van der Waals surface area contributed by atoms with E-state index in [1.54, 1.807) is 0 Å². The maximum Gasteiger partial charge on any atom is -0.0119 e. The van der Waals surface area contributed by atoms with Crippen molar-refractivity contribution in [3.8, 4) is 11.1 Å². The van der Waals surface area contributed by atoms with Crippen LogP contribution in [-0.4, -0.2) is 5.16 Å². The smallest absolute Gasteiger partial charge is 0.0119 e. The van der Waals surface area contributed by atoms with Gasteiger partial charge in [-0.2, -0.15) is 0 Å². The van der Waals surface area contributed by atoms with Crippen molar-refractivity contribution in [3.63, 3.8) is 0 Å². The third kappa shape index (κ3) is 3.45. The SMILES string of the molecule is Cc1ccc(PC(C)(C)C)c(C)c1-c1ccccc1. The summed E-state index contributed by atoms with van der Waals surface area (Å²) in [7, 11) is 0.850. The molecular weight excluding hydrogens is 247 g/mol. The van der Waals surface area contributed by atoms with Gasteiger partial charge in [0.05, 0.1) is 0 Å². The molecular formula is C18H23P. The molecule has 0 amide bonds. The van der Waals surface area contributed by atoms with Gasteiger partial charge in [0, 0.05) is 0 Å². The molecule has 19 heavy (non-hydrogen) atoms. The molecule has 0 nitrogen and oxygen atoms in total. The second-order valence-electron chi connectivity index (χ2n) is 6.17. The highest BCUT2D eigenvalue weighted by Crippen LogP contribution is 2.34. The maximum atomic E-state index is 2.31. The van der Waals surface area contributed by atoms with Crippen LogP contribution in [0.4, 0.5) is 0 Å². The molecule has 0 N–H and O–H groups in total. The van der Waals surface area contributed by atoms with Crippen LogP contribution in [0.5, 0.6) is 0 Å². The highest BCUT2D eigenvalue weighted by atomic mass is 31.1. The van der Waals surface area contributed by atoms with Crippen molar-refractivity contribution in [2.75, 3.05) is 0 Å². The summed E-state index contributed by atoms with van der Waals surface area (Å²) in [6, 6.07) is 15.3. The predicted molar refractivity (Wildman–Crippen MR) is 89.1 cm³/mol. The number of benzene rings is 2. The van der Waals surface area contributed by atoms with E-state index in [4.69, 9.17) is 0 Å². The fraction of sp³-hybridized carbons (Fsp3) is 0.333. The zero-order valence-corrected chi connectivity index (χ0v) is 13.5. The highest BCUT2D eigenvalue weighted by Gasteiger charge is 2.15. The van der Waals surface area contributed by atoms with Crippen LogP contribution in [0, 0.1) is 13.8 Å². The average Bonchev–Trinajstić information content (AvgIpc) is 2.33. The van der Waals surface area contributed by atoms with Gasteiger partial charge in [-0.1, -0.05) is 71.8 Å². The van der Waals surface area contributed by atoms with E-state index in [-0.39, 0.29) is 0 Å². The van der Waals surface area contributed by atoms with Crippen LogP contribution in [0.15, 0.2) is 42.5 Å². The molecule has 1 atom stereocenters. The number of hydrogen-bond donors (Lipinski definition) is 0. The molecule has 0 radical (unpaired) electrons. The molecule has 0 saturated heterocycles. The predicted octanol–water partition coefficient (Wildman–Crippen LogP) is 5.07. The first kappa shape index (κ1) is 14.3. The van der Waals surface area contributed by atoms with Crippen LogP contribution in [0.25, 0.3) is 11.1 Å². The first-order valence-corrected chi connectivity index (χ1v) is 7.82. The molecule has 2 rings (SSSR count). The summed E-state index contributed by atoms with van der Waals surface area (Å²) >= 11 is 0. The van der Waals surface area contributed by atoms with E-state index in [9.17, 15) is 0 Å². The Hall–Kier alpha value is -1.13. The van der Waals surface area contributed by atoms with Crippen LogP contribution in [0.3, 0.4) is 0 Å². The first-order valence-electron chi connectivity index (χ1n) is 6.82.